The highest BCUT2D eigenvalue weighted by molar-refractivity contribution is 6.60. The summed E-state index contributed by atoms with van der Waals surface area (Å²) in [6.45, 7) is 0.941. The predicted octanol–water partition coefficient (Wildman–Crippen LogP) is 2.28. The molecule has 1 N–H and O–H groups in total. The molecule has 0 aliphatic carbocycles. The molecular formula is C15H35NO8Si2. The lowest BCUT2D eigenvalue weighted by atomic mass is 10.3. The molecule has 0 radical (unpaired) electrons. The quantitative estimate of drug-likeness (QED) is 0.304. The van der Waals surface area contributed by atoms with Gasteiger partial charge in [0.05, 0.1) is 0 Å². The molecule has 0 aliphatic heterocycles. The maximum atomic E-state index is 11.4. The van der Waals surface area contributed by atoms with E-state index in [0.717, 1.165) is 25.7 Å². The third-order valence-electron chi connectivity index (χ3n) is 4.46. The van der Waals surface area contributed by atoms with Gasteiger partial charge < -0.3 is 36.6 Å². The number of amides is 1. The molecule has 0 atom stereocenters. The largest absolute Gasteiger partial charge is 0.500 e. The maximum absolute atomic E-state index is 11.4. The Kier molecular flexibility index (Phi) is 13.3. The monoisotopic (exact) mass is 413 g/mol. The number of hydrogen-bond donors (Lipinski definition) is 1. The van der Waals surface area contributed by atoms with Crippen LogP contribution in [0.5, 0.6) is 0 Å². The number of hydrogen-bond acceptors (Lipinski definition) is 7. The van der Waals surface area contributed by atoms with Gasteiger partial charge in [0.15, 0.2) is 0 Å². The van der Waals surface area contributed by atoms with Crippen LogP contribution in [-0.4, -0.2) is 89.5 Å². The van der Waals surface area contributed by atoms with E-state index < -0.39 is 23.7 Å². The smallest absolute Gasteiger partial charge is 0.465 e. The average Bonchev–Trinajstić information content (AvgIpc) is 2.67. The van der Waals surface area contributed by atoms with Crippen LogP contribution in [0.3, 0.4) is 0 Å². The first-order valence-corrected chi connectivity index (χ1v) is 12.5. The van der Waals surface area contributed by atoms with Crippen molar-refractivity contribution in [1.82, 2.24) is 4.90 Å². The number of carbonyl (C=O) groups is 1. The highest BCUT2D eigenvalue weighted by Gasteiger charge is 2.37. The van der Waals surface area contributed by atoms with Crippen molar-refractivity contribution in [2.24, 2.45) is 0 Å². The summed E-state index contributed by atoms with van der Waals surface area (Å²) in [5.41, 5.74) is 0. The second-order valence-corrected chi connectivity index (χ2v) is 12.0. The van der Waals surface area contributed by atoms with E-state index in [1.54, 1.807) is 42.7 Å². The standard InChI is InChI=1S/C15H35NO8Si2/c1-19-25(20-2,21-3)13-9-7-11-16(15(17)18)12-8-10-14-26(22-4,23-5)24-6/h7-14H2,1-6H3,(H,17,18). The molecule has 0 aromatic rings. The minimum atomic E-state index is -2.58. The van der Waals surface area contributed by atoms with Gasteiger partial charge in [-0.1, -0.05) is 0 Å². The molecule has 0 rings (SSSR count). The van der Waals surface area contributed by atoms with E-state index in [2.05, 4.69) is 0 Å². The van der Waals surface area contributed by atoms with Gasteiger partial charge in [-0.15, -0.1) is 0 Å². The van der Waals surface area contributed by atoms with Gasteiger partial charge in [0.25, 0.3) is 0 Å². The number of carboxylic acid groups (broad SMARTS) is 1. The molecule has 26 heavy (non-hydrogen) atoms. The zero-order valence-electron chi connectivity index (χ0n) is 16.9. The van der Waals surface area contributed by atoms with Crippen molar-refractivity contribution in [3.63, 3.8) is 0 Å². The van der Waals surface area contributed by atoms with Crippen LogP contribution in [0.25, 0.3) is 0 Å². The third-order valence-corrected chi connectivity index (χ3v) is 10.1. The maximum Gasteiger partial charge on any atom is 0.500 e. The summed E-state index contributed by atoms with van der Waals surface area (Å²) in [6, 6.07) is 1.32. The molecule has 0 aliphatic rings. The van der Waals surface area contributed by atoms with Crippen LogP contribution in [0.15, 0.2) is 0 Å². The Morgan fingerprint density at radius 3 is 1.23 bits per heavy atom. The summed E-state index contributed by atoms with van der Waals surface area (Å²) in [7, 11) is 4.28. The van der Waals surface area contributed by atoms with Gasteiger partial charge in [0.2, 0.25) is 0 Å². The minimum Gasteiger partial charge on any atom is -0.465 e. The van der Waals surface area contributed by atoms with Crippen LogP contribution >= 0.6 is 0 Å². The van der Waals surface area contributed by atoms with Crippen molar-refractivity contribution in [1.29, 1.82) is 0 Å². The number of unbranched alkanes of at least 4 members (excludes halogenated alkanes) is 2. The van der Waals surface area contributed by atoms with Crippen LogP contribution in [0.1, 0.15) is 25.7 Å². The normalized spacial score (nSPS) is 12.4. The van der Waals surface area contributed by atoms with Crippen molar-refractivity contribution in [2.75, 3.05) is 55.7 Å². The van der Waals surface area contributed by atoms with Gasteiger partial charge in [-0.05, 0) is 25.7 Å². The first kappa shape index (κ1) is 25.5. The lowest BCUT2D eigenvalue weighted by Crippen LogP contribution is -2.43. The Morgan fingerprint density at radius 1 is 0.692 bits per heavy atom. The fraction of sp³-hybridized carbons (Fsp3) is 0.933. The lowest BCUT2D eigenvalue weighted by molar-refractivity contribution is 0.121. The molecule has 0 heterocycles. The Balaban J connectivity index is 4.25. The Bertz CT molecular complexity index is 336. The first-order valence-electron chi connectivity index (χ1n) is 8.67. The van der Waals surface area contributed by atoms with E-state index in [9.17, 15) is 9.90 Å². The van der Waals surface area contributed by atoms with Crippen molar-refractivity contribution in [3.05, 3.63) is 0 Å². The zero-order chi connectivity index (χ0) is 20.1. The molecule has 0 unspecified atom stereocenters. The Labute approximate surface area is 159 Å². The molecule has 156 valence electrons. The molecule has 0 aromatic carbocycles. The van der Waals surface area contributed by atoms with Gasteiger partial charge in [0, 0.05) is 67.8 Å². The molecule has 11 heteroatoms. The topological polar surface area (TPSA) is 95.9 Å². The highest BCUT2D eigenvalue weighted by atomic mass is 28.4. The van der Waals surface area contributed by atoms with Crippen molar-refractivity contribution < 1.29 is 36.5 Å². The summed E-state index contributed by atoms with van der Waals surface area (Å²) < 4.78 is 32.2. The number of nitrogens with zero attached hydrogens (tertiary/aromatic N) is 1. The lowest BCUT2D eigenvalue weighted by Gasteiger charge is -2.25. The molecule has 0 aromatic heterocycles. The molecule has 0 saturated heterocycles. The predicted molar refractivity (Wildman–Crippen MR) is 101 cm³/mol. The van der Waals surface area contributed by atoms with Gasteiger partial charge >= 0.3 is 23.7 Å². The average molecular weight is 414 g/mol. The molecule has 0 fully saturated rings. The summed E-state index contributed by atoms with van der Waals surface area (Å²) in [5, 5.41) is 9.36. The third kappa shape index (κ3) is 8.44. The van der Waals surface area contributed by atoms with Crippen LogP contribution in [0.4, 0.5) is 4.79 Å². The van der Waals surface area contributed by atoms with E-state index in [-0.39, 0.29) is 0 Å². The van der Waals surface area contributed by atoms with Gasteiger partial charge in [-0.3, -0.25) is 0 Å². The van der Waals surface area contributed by atoms with E-state index in [1.165, 1.54) is 4.90 Å². The van der Waals surface area contributed by atoms with Crippen LogP contribution in [-0.2, 0) is 26.6 Å². The minimum absolute atomic E-state index is 0.471. The summed E-state index contributed by atoms with van der Waals surface area (Å²) in [5.74, 6) is 0. The Hall–Kier alpha value is -0.536. The summed E-state index contributed by atoms with van der Waals surface area (Å²) in [4.78, 5) is 12.8. The van der Waals surface area contributed by atoms with Crippen molar-refractivity contribution in [2.45, 2.75) is 37.8 Å². The van der Waals surface area contributed by atoms with Crippen LogP contribution < -0.4 is 0 Å². The molecule has 0 bridgehead atoms. The molecular weight excluding hydrogens is 378 g/mol. The van der Waals surface area contributed by atoms with Gasteiger partial charge in [0.1, 0.15) is 0 Å². The van der Waals surface area contributed by atoms with E-state index in [1.807, 2.05) is 0 Å². The second-order valence-electron chi connectivity index (χ2n) is 5.77. The van der Waals surface area contributed by atoms with E-state index in [4.69, 9.17) is 26.6 Å². The van der Waals surface area contributed by atoms with Gasteiger partial charge in [-0.2, -0.15) is 0 Å². The van der Waals surface area contributed by atoms with Crippen molar-refractivity contribution >= 4 is 23.7 Å². The molecule has 0 saturated carbocycles. The second kappa shape index (κ2) is 13.6. The molecule has 0 spiro atoms. The molecule has 9 nitrogen and oxygen atoms in total. The van der Waals surface area contributed by atoms with Crippen LogP contribution in [0, 0.1) is 0 Å². The summed E-state index contributed by atoms with van der Waals surface area (Å²) in [6.07, 6.45) is 2.10. The van der Waals surface area contributed by atoms with Gasteiger partial charge in [-0.25, -0.2) is 4.79 Å². The van der Waals surface area contributed by atoms with E-state index in [0.29, 0.717) is 25.2 Å². The van der Waals surface area contributed by atoms with Crippen molar-refractivity contribution in [3.8, 4) is 0 Å². The van der Waals surface area contributed by atoms with Crippen LogP contribution in [0.2, 0.25) is 12.1 Å². The molecule has 1 amide bonds. The highest BCUT2D eigenvalue weighted by Crippen LogP contribution is 2.18. The summed E-state index contributed by atoms with van der Waals surface area (Å²) >= 11 is 0. The number of rotatable bonds is 16. The first-order chi connectivity index (χ1) is 12.4. The Morgan fingerprint density at radius 2 is 1.00 bits per heavy atom. The fourth-order valence-corrected chi connectivity index (χ4v) is 6.29. The SMILES string of the molecule is CO[Si](CCCCN(CCCC[Si](OC)(OC)OC)C(=O)O)(OC)OC. The van der Waals surface area contributed by atoms with E-state index >= 15 is 0 Å². The zero-order valence-corrected chi connectivity index (χ0v) is 18.9. The fourth-order valence-electron chi connectivity index (χ4n) is 2.70.